The van der Waals surface area contributed by atoms with E-state index >= 15 is 0 Å². The van der Waals surface area contributed by atoms with Gasteiger partial charge in [-0.25, -0.2) is 4.68 Å². The second kappa shape index (κ2) is 13.5. The van der Waals surface area contributed by atoms with Gasteiger partial charge in [0.25, 0.3) is 0 Å². The number of allylic oxidation sites excluding steroid dienone is 3. The molecule has 0 saturated carbocycles. The lowest BCUT2D eigenvalue weighted by Crippen LogP contribution is -2.48. The largest absolute Gasteiger partial charge is 0.406 e. The number of likely N-dealkylation sites (tertiary alicyclic amines) is 1. The summed E-state index contributed by atoms with van der Waals surface area (Å²) in [6, 6.07) is 2.26. The average molecular weight is 544 g/mol. The van der Waals surface area contributed by atoms with E-state index in [1.807, 2.05) is 31.2 Å². The zero-order valence-corrected chi connectivity index (χ0v) is 22.6. The maximum absolute atomic E-state index is 13.4. The molecular formula is C29H36F3N5O2. The van der Waals surface area contributed by atoms with Crippen molar-refractivity contribution in [2.45, 2.75) is 63.9 Å². The number of alkyl halides is 3. The van der Waals surface area contributed by atoms with Gasteiger partial charge in [0.1, 0.15) is 18.3 Å². The number of hydrogen-bond acceptors (Lipinski definition) is 5. The number of aryl methyl sites for hydroxylation is 1. The molecule has 1 aliphatic rings. The van der Waals surface area contributed by atoms with Crippen molar-refractivity contribution in [3.8, 4) is 0 Å². The van der Waals surface area contributed by atoms with E-state index in [4.69, 9.17) is 4.74 Å². The van der Waals surface area contributed by atoms with Crippen LogP contribution in [-0.2, 0) is 22.4 Å². The van der Waals surface area contributed by atoms with E-state index in [1.54, 1.807) is 25.6 Å². The molecule has 210 valence electrons. The Bertz CT molecular complexity index is 1200. The van der Waals surface area contributed by atoms with Crippen LogP contribution in [0.4, 0.5) is 13.2 Å². The Balaban J connectivity index is 1.90. The summed E-state index contributed by atoms with van der Waals surface area (Å²) in [6.07, 6.45) is 9.61. The number of amides is 1. The number of methoxy groups -OCH3 is 1. The maximum atomic E-state index is 13.4. The molecule has 4 unspecified atom stereocenters. The molecule has 2 aromatic rings. The Morgan fingerprint density at radius 3 is 2.69 bits per heavy atom. The van der Waals surface area contributed by atoms with E-state index in [0.29, 0.717) is 25.0 Å². The van der Waals surface area contributed by atoms with Crippen molar-refractivity contribution in [1.82, 2.24) is 24.9 Å². The quantitative estimate of drug-likeness (QED) is 0.275. The summed E-state index contributed by atoms with van der Waals surface area (Å²) in [5.74, 6) is -1.03. The molecule has 0 aliphatic carbocycles. The first-order valence-corrected chi connectivity index (χ1v) is 13.0. The number of carbonyl (C=O) groups excluding carboxylic acids is 1. The van der Waals surface area contributed by atoms with Crippen molar-refractivity contribution in [3.05, 3.63) is 85.0 Å². The number of halogens is 3. The maximum Gasteiger partial charge on any atom is 0.406 e. The fraction of sp³-hybridized carbons (Fsp3) is 0.448. The summed E-state index contributed by atoms with van der Waals surface area (Å²) in [5.41, 5.74) is 3.33. The minimum absolute atomic E-state index is 0.231. The van der Waals surface area contributed by atoms with Crippen LogP contribution < -0.4 is 0 Å². The summed E-state index contributed by atoms with van der Waals surface area (Å²) in [6.45, 7) is 10.0. The Morgan fingerprint density at radius 2 is 2.05 bits per heavy atom. The van der Waals surface area contributed by atoms with Crippen molar-refractivity contribution in [1.29, 1.82) is 0 Å². The first kappa shape index (κ1) is 30.0. The van der Waals surface area contributed by atoms with Gasteiger partial charge in [0.15, 0.2) is 0 Å². The molecule has 39 heavy (non-hydrogen) atoms. The lowest BCUT2D eigenvalue weighted by atomic mass is 9.94. The van der Waals surface area contributed by atoms with Gasteiger partial charge in [-0.05, 0) is 56.4 Å². The molecule has 3 heterocycles. The molecular weight excluding hydrogens is 507 g/mol. The highest BCUT2D eigenvalue weighted by Gasteiger charge is 2.43. The lowest BCUT2D eigenvalue weighted by Gasteiger charge is -2.33. The zero-order valence-electron chi connectivity index (χ0n) is 22.6. The highest BCUT2D eigenvalue weighted by Crippen LogP contribution is 2.33. The van der Waals surface area contributed by atoms with E-state index in [-0.39, 0.29) is 12.0 Å². The fourth-order valence-electron chi connectivity index (χ4n) is 4.67. The van der Waals surface area contributed by atoms with Crippen LogP contribution in [0.1, 0.15) is 49.7 Å². The van der Waals surface area contributed by atoms with Crippen LogP contribution in [0.25, 0.3) is 5.57 Å². The van der Waals surface area contributed by atoms with E-state index < -0.39 is 30.7 Å². The van der Waals surface area contributed by atoms with Gasteiger partial charge in [-0.2, -0.15) is 13.2 Å². The third-order valence-electron chi connectivity index (χ3n) is 6.84. The highest BCUT2D eigenvalue weighted by molar-refractivity contribution is 5.81. The Hall–Kier alpha value is -3.53. The van der Waals surface area contributed by atoms with Crippen LogP contribution in [0.15, 0.2) is 68.1 Å². The first-order chi connectivity index (χ1) is 18.6. The first-order valence-electron chi connectivity index (χ1n) is 13.0. The van der Waals surface area contributed by atoms with Crippen LogP contribution in [0.3, 0.4) is 0 Å². The second-order valence-corrected chi connectivity index (χ2v) is 9.56. The monoisotopic (exact) mass is 543 g/mol. The van der Waals surface area contributed by atoms with Crippen molar-refractivity contribution >= 4 is 11.5 Å². The number of pyridine rings is 1. The number of nitrogens with zero attached hydrogens (tertiary/aromatic N) is 5. The molecule has 0 N–H and O–H groups in total. The molecule has 0 radical (unpaired) electrons. The molecule has 10 heteroatoms. The molecule has 3 rings (SSSR count). The van der Waals surface area contributed by atoms with E-state index in [9.17, 15) is 18.0 Å². The van der Waals surface area contributed by atoms with Crippen molar-refractivity contribution in [2.75, 3.05) is 13.7 Å². The van der Waals surface area contributed by atoms with Gasteiger partial charge in [0.05, 0.1) is 18.3 Å². The van der Waals surface area contributed by atoms with Gasteiger partial charge in [0, 0.05) is 30.5 Å². The second-order valence-electron chi connectivity index (χ2n) is 9.56. The summed E-state index contributed by atoms with van der Waals surface area (Å²) < 4.78 is 47.1. The van der Waals surface area contributed by atoms with Crippen molar-refractivity contribution < 1.29 is 22.7 Å². The van der Waals surface area contributed by atoms with E-state index in [0.717, 1.165) is 28.2 Å². The number of hydrogen-bond donors (Lipinski definition) is 0. The summed E-state index contributed by atoms with van der Waals surface area (Å²) in [4.78, 5) is 18.6. The van der Waals surface area contributed by atoms with Crippen LogP contribution in [0, 0.1) is 5.92 Å². The van der Waals surface area contributed by atoms with Crippen molar-refractivity contribution in [3.63, 3.8) is 0 Å². The third kappa shape index (κ3) is 7.98. The van der Waals surface area contributed by atoms with Crippen LogP contribution in [0.2, 0.25) is 0 Å². The number of ether oxygens (including phenoxy) is 1. The summed E-state index contributed by atoms with van der Waals surface area (Å²) >= 11 is 0. The molecule has 0 aromatic carbocycles. The molecule has 7 nitrogen and oxygen atoms in total. The Morgan fingerprint density at radius 1 is 1.28 bits per heavy atom. The minimum Gasteiger partial charge on any atom is -0.378 e. The normalized spacial score (nSPS) is 21.7. The molecule has 1 fully saturated rings. The van der Waals surface area contributed by atoms with Gasteiger partial charge in [-0.1, -0.05) is 36.4 Å². The van der Waals surface area contributed by atoms with E-state index in [1.165, 1.54) is 10.8 Å². The van der Waals surface area contributed by atoms with Crippen LogP contribution >= 0.6 is 0 Å². The molecule has 2 aromatic heterocycles. The lowest BCUT2D eigenvalue weighted by molar-refractivity contribution is -0.166. The van der Waals surface area contributed by atoms with Gasteiger partial charge >= 0.3 is 6.18 Å². The van der Waals surface area contributed by atoms with Crippen molar-refractivity contribution in [2.24, 2.45) is 5.92 Å². The molecule has 1 amide bonds. The minimum atomic E-state index is -4.56. The predicted octanol–water partition coefficient (Wildman–Crippen LogP) is 5.54. The molecule has 1 saturated heterocycles. The van der Waals surface area contributed by atoms with Gasteiger partial charge < -0.3 is 9.64 Å². The molecule has 0 spiro atoms. The number of aromatic nitrogens is 4. The molecule has 0 bridgehead atoms. The highest BCUT2D eigenvalue weighted by atomic mass is 19.4. The SMILES string of the molecule is C=CC1CCC(n2cc(C(C=CCc3ccnc(CC)c3)=CC(C)OC)nn2)C(=O)N(CC(F)(F)F)C1C=C. The molecule has 4 atom stereocenters. The fourth-order valence-corrected chi connectivity index (χ4v) is 4.67. The van der Waals surface area contributed by atoms with Gasteiger partial charge in [-0.3, -0.25) is 9.78 Å². The van der Waals surface area contributed by atoms with Gasteiger partial charge in [0.2, 0.25) is 5.91 Å². The smallest absolute Gasteiger partial charge is 0.378 e. The summed E-state index contributed by atoms with van der Waals surface area (Å²) in [7, 11) is 1.59. The zero-order chi connectivity index (χ0) is 28.6. The third-order valence-corrected chi connectivity index (χ3v) is 6.84. The number of carbonyl (C=O) groups is 1. The van der Waals surface area contributed by atoms with Gasteiger partial charge in [-0.15, -0.1) is 18.3 Å². The number of rotatable bonds is 11. The average Bonchev–Trinajstić information content (AvgIpc) is 3.35. The Labute approximate surface area is 227 Å². The summed E-state index contributed by atoms with van der Waals surface area (Å²) in [5, 5.41) is 8.44. The topological polar surface area (TPSA) is 73.1 Å². The molecule has 1 aliphatic heterocycles. The standard InChI is InChI=1S/C29H36F3N5O2/c1-6-22-12-13-27(28(38)36(26(22)8-3)19-29(30,31)32)37-18-25(34-35-37)23(16-20(4)39-5)11-9-10-21-14-15-33-24(7-2)17-21/h6,8-9,11,14-18,20,22,26-27H,1,3,7,10,12-13,19H2,2,4-5H3. The van der Waals surface area contributed by atoms with Crippen LogP contribution in [-0.4, -0.2) is 62.8 Å². The Kier molecular flexibility index (Phi) is 10.4. The van der Waals surface area contributed by atoms with E-state index in [2.05, 4.69) is 41.4 Å². The van der Waals surface area contributed by atoms with Crippen LogP contribution in [0.5, 0.6) is 0 Å². The predicted molar refractivity (Wildman–Crippen MR) is 145 cm³/mol.